The molecule has 2 aromatic carbocycles. The summed E-state index contributed by atoms with van der Waals surface area (Å²) in [6.45, 7) is 0.952. The van der Waals surface area contributed by atoms with Gasteiger partial charge in [-0.25, -0.2) is 4.39 Å². The van der Waals surface area contributed by atoms with E-state index in [2.05, 4.69) is 6.07 Å². The van der Waals surface area contributed by atoms with E-state index in [1.54, 1.807) is 30.3 Å². The molecule has 1 aliphatic heterocycles. The van der Waals surface area contributed by atoms with Gasteiger partial charge >= 0.3 is 18.9 Å². The third-order valence-corrected chi connectivity index (χ3v) is 3.27. The third kappa shape index (κ3) is 2.78. The molecule has 20 heavy (non-hydrogen) atoms. The van der Waals surface area contributed by atoms with Crippen LogP contribution in [0, 0.1) is 11.9 Å². The van der Waals surface area contributed by atoms with Gasteiger partial charge in [-0.15, -0.1) is 6.07 Å². The Kier molecular flexibility index (Phi) is 4.90. The molecule has 0 bridgehead atoms. The fraction of sp³-hybridized carbons (Fsp3) is 0.200. The van der Waals surface area contributed by atoms with E-state index < -0.39 is 5.79 Å². The number of hydrogen-bond acceptors (Lipinski definition) is 2. The molecule has 2 nitrogen and oxygen atoms in total. The molecular weight excluding hydrogens is 274 g/mol. The first kappa shape index (κ1) is 15.6. The zero-order valence-corrected chi connectivity index (χ0v) is 11.8. The Morgan fingerprint density at radius 1 is 1.05 bits per heavy atom. The van der Waals surface area contributed by atoms with Crippen LogP contribution in [0.4, 0.5) is 4.39 Å². The summed E-state index contributed by atoms with van der Waals surface area (Å²) in [5.41, 5.74) is 1.49. The molecule has 1 saturated heterocycles. The van der Waals surface area contributed by atoms with Gasteiger partial charge < -0.3 is 9.47 Å². The average Bonchev–Trinajstić information content (AvgIpc) is 2.90. The number of halogens is 2. The van der Waals surface area contributed by atoms with Crippen LogP contribution >= 0.6 is 11.6 Å². The summed E-state index contributed by atoms with van der Waals surface area (Å²) in [6.07, 6.45) is 0. The van der Waals surface area contributed by atoms with Crippen LogP contribution in [0.3, 0.4) is 0 Å². The van der Waals surface area contributed by atoms with Crippen LogP contribution in [0.5, 0.6) is 0 Å². The summed E-state index contributed by atoms with van der Waals surface area (Å²) in [7, 11) is 0. The standard InChI is InChI=1S/C15H11ClFO2.Li/c16-13-3-1-2-12(10-13)15(18-8-9-19-15)11-4-6-14(17)7-5-11;/h2-7,10H,8-9H2;/q-1;+1. The molecule has 1 heterocycles. The molecule has 0 unspecified atom stereocenters. The molecule has 0 aromatic heterocycles. The maximum Gasteiger partial charge on any atom is 1.00 e. The van der Waals surface area contributed by atoms with Crippen LogP contribution in [0.25, 0.3) is 0 Å². The first-order valence-corrected chi connectivity index (χ1v) is 6.29. The van der Waals surface area contributed by atoms with Gasteiger partial charge in [0.25, 0.3) is 0 Å². The molecule has 0 saturated carbocycles. The summed E-state index contributed by atoms with van der Waals surface area (Å²) in [5, 5.41) is 0.554. The molecule has 1 fully saturated rings. The monoisotopic (exact) mass is 284 g/mol. The van der Waals surface area contributed by atoms with Crippen LogP contribution in [-0.2, 0) is 15.3 Å². The molecule has 0 aliphatic carbocycles. The van der Waals surface area contributed by atoms with E-state index in [0.717, 1.165) is 11.1 Å². The van der Waals surface area contributed by atoms with Crippen LogP contribution in [0.2, 0.25) is 5.02 Å². The maximum absolute atomic E-state index is 13.1. The van der Waals surface area contributed by atoms with Crippen molar-refractivity contribution in [3.8, 4) is 0 Å². The third-order valence-electron chi connectivity index (χ3n) is 3.05. The first-order chi connectivity index (χ1) is 9.21. The minimum Gasteiger partial charge on any atom is -0.350 e. The minimum atomic E-state index is -1.02. The van der Waals surface area contributed by atoms with Gasteiger partial charge in [0.2, 0.25) is 0 Å². The Balaban J connectivity index is 0.00000147. The fourth-order valence-electron chi connectivity index (χ4n) is 2.21. The Hall–Kier alpha value is -0.823. The summed E-state index contributed by atoms with van der Waals surface area (Å²) in [4.78, 5) is 0. The van der Waals surface area contributed by atoms with Gasteiger partial charge in [-0.1, -0.05) is 22.7 Å². The van der Waals surface area contributed by atoms with E-state index in [0.29, 0.717) is 18.2 Å². The van der Waals surface area contributed by atoms with E-state index >= 15 is 0 Å². The molecule has 0 amide bonds. The van der Waals surface area contributed by atoms with Crippen molar-refractivity contribution in [2.24, 2.45) is 0 Å². The molecule has 0 N–H and O–H groups in total. The summed E-state index contributed by atoms with van der Waals surface area (Å²) in [5.74, 6) is -1.32. The van der Waals surface area contributed by atoms with Gasteiger partial charge in [-0.2, -0.15) is 29.8 Å². The van der Waals surface area contributed by atoms with Crippen LogP contribution in [0.1, 0.15) is 11.1 Å². The molecule has 1 aliphatic rings. The van der Waals surface area contributed by atoms with Gasteiger partial charge in [-0.05, 0) is 12.1 Å². The Morgan fingerprint density at radius 2 is 1.70 bits per heavy atom. The van der Waals surface area contributed by atoms with Gasteiger partial charge in [0.15, 0.2) is 5.79 Å². The van der Waals surface area contributed by atoms with E-state index in [1.165, 1.54) is 12.1 Å². The predicted octanol–water partition coefficient (Wildman–Crippen LogP) is 0.531. The molecule has 0 atom stereocenters. The smallest absolute Gasteiger partial charge is 0.350 e. The summed E-state index contributed by atoms with van der Waals surface area (Å²) < 4.78 is 24.6. The van der Waals surface area contributed by atoms with Gasteiger partial charge in [0, 0.05) is 5.56 Å². The van der Waals surface area contributed by atoms with Crippen molar-refractivity contribution in [3.05, 3.63) is 70.5 Å². The van der Waals surface area contributed by atoms with E-state index in [4.69, 9.17) is 21.1 Å². The van der Waals surface area contributed by atoms with Crippen molar-refractivity contribution in [1.82, 2.24) is 0 Å². The molecule has 5 heteroatoms. The summed E-state index contributed by atoms with van der Waals surface area (Å²) >= 11 is 6.00. The van der Waals surface area contributed by atoms with Crippen LogP contribution in [-0.4, -0.2) is 13.2 Å². The second-order valence-electron chi connectivity index (χ2n) is 4.26. The van der Waals surface area contributed by atoms with Gasteiger partial charge in [0.05, 0.1) is 13.2 Å². The predicted molar refractivity (Wildman–Crippen MR) is 69.4 cm³/mol. The van der Waals surface area contributed by atoms with Gasteiger partial charge in [0.1, 0.15) is 5.82 Å². The Bertz CT molecular complexity index is 583. The molecule has 2 aromatic rings. The summed E-state index contributed by atoms with van der Waals surface area (Å²) in [6, 6.07) is 14.2. The zero-order valence-electron chi connectivity index (χ0n) is 11.0. The number of ether oxygens (including phenoxy) is 2. The van der Waals surface area contributed by atoms with Crippen molar-refractivity contribution in [2.45, 2.75) is 5.79 Å². The second-order valence-corrected chi connectivity index (χ2v) is 4.70. The SMILES string of the molecule is Fc1ccc(C2(c3c[c-]cc(Cl)c3)OCCO2)cc1.[Li+]. The van der Waals surface area contributed by atoms with Crippen molar-refractivity contribution in [1.29, 1.82) is 0 Å². The van der Waals surface area contributed by atoms with Crippen LogP contribution < -0.4 is 18.9 Å². The Morgan fingerprint density at radius 3 is 2.30 bits per heavy atom. The van der Waals surface area contributed by atoms with Crippen molar-refractivity contribution in [2.75, 3.05) is 13.2 Å². The van der Waals surface area contributed by atoms with E-state index in [9.17, 15) is 4.39 Å². The molecular formula is C15H11ClFLiO2. The second kappa shape index (κ2) is 6.30. The normalized spacial score (nSPS) is 16.7. The zero-order chi connectivity index (χ0) is 13.3. The van der Waals surface area contributed by atoms with Gasteiger partial charge in [-0.3, -0.25) is 0 Å². The molecule has 3 rings (SSSR count). The molecule has 98 valence electrons. The molecule has 0 radical (unpaired) electrons. The Labute approximate surface area is 134 Å². The maximum atomic E-state index is 13.1. The van der Waals surface area contributed by atoms with Crippen molar-refractivity contribution >= 4 is 11.6 Å². The average molecular weight is 285 g/mol. The fourth-order valence-corrected chi connectivity index (χ4v) is 2.40. The van der Waals surface area contributed by atoms with Crippen LogP contribution in [0.15, 0.2) is 42.5 Å². The number of benzene rings is 2. The van der Waals surface area contributed by atoms with Crippen molar-refractivity contribution in [3.63, 3.8) is 0 Å². The number of rotatable bonds is 2. The van der Waals surface area contributed by atoms with E-state index in [1.807, 2.05) is 0 Å². The quantitative estimate of drug-likeness (QED) is 0.592. The minimum absolute atomic E-state index is 0. The molecule has 0 spiro atoms. The number of hydrogen-bond donors (Lipinski definition) is 0. The first-order valence-electron chi connectivity index (χ1n) is 5.92. The topological polar surface area (TPSA) is 18.5 Å². The van der Waals surface area contributed by atoms with Crippen molar-refractivity contribution < 1.29 is 32.7 Å². The largest absolute Gasteiger partial charge is 1.00 e. The van der Waals surface area contributed by atoms with E-state index in [-0.39, 0.29) is 24.7 Å².